The third-order valence-electron chi connectivity index (χ3n) is 6.42. The number of benzene rings is 3. The van der Waals surface area contributed by atoms with Crippen molar-refractivity contribution in [1.82, 2.24) is 9.55 Å². The number of hydrogen-bond donors (Lipinski definition) is 1. The van der Waals surface area contributed by atoms with Gasteiger partial charge in [0.25, 0.3) is 0 Å². The number of anilines is 1. The Labute approximate surface area is 197 Å². The second-order valence-electron chi connectivity index (χ2n) is 8.40. The number of fused-ring (bicyclic) bond motifs is 2. The van der Waals surface area contributed by atoms with Gasteiger partial charge in [-0.25, -0.2) is 9.37 Å². The molecule has 0 fully saturated rings. The largest absolute Gasteiger partial charge is 0.492 e. The topological polar surface area (TPSA) is 65.4 Å². The highest BCUT2D eigenvalue weighted by molar-refractivity contribution is 5.81. The summed E-state index contributed by atoms with van der Waals surface area (Å²) >= 11 is 0. The normalized spacial score (nSPS) is 14.6. The summed E-state index contributed by atoms with van der Waals surface area (Å²) in [6.45, 7) is 5.02. The molecule has 0 spiro atoms. The summed E-state index contributed by atoms with van der Waals surface area (Å²) in [6.07, 6.45) is 0.736. The maximum Gasteiger partial charge on any atom is 0.316 e. The third-order valence-corrected chi connectivity index (χ3v) is 6.42. The van der Waals surface area contributed by atoms with E-state index in [-0.39, 0.29) is 17.7 Å². The van der Waals surface area contributed by atoms with E-state index < -0.39 is 0 Å². The lowest BCUT2D eigenvalue weighted by atomic mass is 10.0. The molecule has 34 heavy (non-hydrogen) atoms. The molecule has 1 aromatic heterocycles. The van der Waals surface area contributed by atoms with Gasteiger partial charge in [-0.05, 0) is 42.3 Å². The number of aromatic nitrogens is 2. The molecular weight excluding hydrogens is 433 g/mol. The molecule has 174 valence electrons. The van der Waals surface area contributed by atoms with Crippen molar-refractivity contribution in [2.24, 2.45) is 0 Å². The molecule has 1 atom stereocenters. The van der Waals surface area contributed by atoms with Gasteiger partial charge in [0.2, 0.25) is 0 Å². The first-order chi connectivity index (χ1) is 16.5. The second-order valence-corrected chi connectivity index (χ2v) is 8.40. The number of imidazole rings is 1. The van der Waals surface area contributed by atoms with E-state index in [2.05, 4.69) is 25.2 Å². The molecule has 7 heteroatoms. The zero-order chi connectivity index (χ0) is 23.8. The number of esters is 1. The van der Waals surface area contributed by atoms with Crippen molar-refractivity contribution >= 4 is 22.7 Å². The van der Waals surface area contributed by atoms with Crippen LogP contribution in [0.15, 0.2) is 54.6 Å². The van der Waals surface area contributed by atoms with Crippen LogP contribution in [0.2, 0.25) is 0 Å². The van der Waals surface area contributed by atoms with Crippen LogP contribution in [-0.2, 0) is 22.5 Å². The first-order valence-electron chi connectivity index (χ1n) is 11.3. The van der Waals surface area contributed by atoms with Gasteiger partial charge in [0, 0.05) is 36.3 Å². The van der Waals surface area contributed by atoms with Crippen molar-refractivity contribution < 1.29 is 18.7 Å². The van der Waals surface area contributed by atoms with Gasteiger partial charge < -0.3 is 14.8 Å². The molecule has 0 bridgehead atoms. The van der Waals surface area contributed by atoms with Crippen LogP contribution in [0.5, 0.6) is 5.75 Å². The van der Waals surface area contributed by atoms with Crippen molar-refractivity contribution in [2.45, 2.75) is 32.7 Å². The summed E-state index contributed by atoms with van der Waals surface area (Å²) in [5.74, 6) is 0.649. The maximum absolute atomic E-state index is 14.0. The quantitative estimate of drug-likeness (QED) is 0.397. The van der Waals surface area contributed by atoms with E-state index in [0.29, 0.717) is 18.9 Å². The van der Waals surface area contributed by atoms with Gasteiger partial charge in [-0.3, -0.25) is 9.36 Å². The fourth-order valence-electron chi connectivity index (χ4n) is 4.56. The van der Waals surface area contributed by atoms with Gasteiger partial charge in [0.05, 0.1) is 23.8 Å². The lowest BCUT2D eigenvalue weighted by Gasteiger charge is -2.16. The van der Waals surface area contributed by atoms with Gasteiger partial charge >= 0.3 is 5.97 Å². The van der Waals surface area contributed by atoms with Crippen LogP contribution in [0.3, 0.4) is 0 Å². The molecule has 0 saturated heterocycles. The molecule has 1 N–H and O–H groups in total. The fourth-order valence-corrected chi connectivity index (χ4v) is 4.56. The smallest absolute Gasteiger partial charge is 0.316 e. The lowest BCUT2D eigenvalue weighted by molar-refractivity contribution is -0.142. The van der Waals surface area contributed by atoms with Crippen LogP contribution in [0.25, 0.3) is 16.7 Å². The monoisotopic (exact) mass is 459 g/mol. The molecule has 4 aromatic rings. The molecular formula is C27H26FN3O3. The SMILES string of the molecule is CCc1nc2ccc(F)cc2n1-c1cccc(CNc2ccc3c(c2)OCC3C(=O)OC)c1C. The molecule has 1 unspecified atom stereocenters. The Bertz CT molecular complexity index is 1400. The van der Waals surface area contributed by atoms with Crippen molar-refractivity contribution in [1.29, 1.82) is 0 Å². The summed E-state index contributed by atoms with van der Waals surface area (Å²) in [6, 6.07) is 16.6. The average Bonchev–Trinajstić information content (AvgIpc) is 3.43. The molecule has 0 aliphatic carbocycles. The van der Waals surface area contributed by atoms with E-state index in [9.17, 15) is 9.18 Å². The van der Waals surface area contributed by atoms with E-state index in [0.717, 1.165) is 51.3 Å². The van der Waals surface area contributed by atoms with E-state index >= 15 is 0 Å². The van der Waals surface area contributed by atoms with E-state index in [1.165, 1.54) is 19.2 Å². The molecule has 5 rings (SSSR count). The second kappa shape index (κ2) is 8.82. The maximum atomic E-state index is 14.0. The standard InChI is InChI=1S/C27H26FN3O3/c1-4-26-30-22-11-8-18(28)12-24(22)31(26)23-7-5-6-17(16(23)2)14-29-19-9-10-20-21(27(32)33-3)15-34-25(20)13-19/h5-13,21,29H,4,14-15H2,1-3H3. The third kappa shape index (κ3) is 3.77. The number of rotatable bonds is 6. The van der Waals surface area contributed by atoms with Crippen molar-refractivity contribution in [3.05, 3.63) is 82.9 Å². The summed E-state index contributed by atoms with van der Waals surface area (Å²) in [5, 5.41) is 3.46. The first-order valence-corrected chi connectivity index (χ1v) is 11.3. The summed E-state index contributed by atoms with van der Waals surface area (Å²) in [7, 11) is 1.39. The number of hydrogen-bond acceptors (Lipinski definition) is 5. The van der Waals surface area contributed by atoms with Crippen molar-refractivity contribution in [3.63, 3.8) is 0 Å². The Balaban J connectivity index is 1.43. The molecule has 6 nitrogen and oxygen atoms in total. The molecule has 0 saturated carbocycles. The van der Waals surface area contributed by atoms with Crippen LogP contribution in [0.4, 0.5) is 10.1 Å². The Kier molecular flexibility index (Phi) is 5.69. The van der Waals surface area contributed by atoms with Gasteiger partial charge in [0.15, 0.2) is 0 Å². The van der Waals surface area contributed by atoms with Crippen LogP contribution in [0.1, 0.15) is 35.4 Å². The minimum absolute atomic E-state index is 0.278. The van der Waals surface area contributed by atoms with E-state index in [1.54, 1.807) is 6.07 Å². The van der Waals surface area contributed by atoms with Crippen LogP contribution >= 0.6 is 0 Å². The summed E-state index contributed by atoms with van der Waals surface area (Å²) in [4.78, 5) is 16.6. The van der Waals surface area contributed by atoms with Gasteiger partial charge in [-0.1, -0.05) is 25.1 Å². The first kappa shape index (κ1) is 21.9. The molecule has 3 aromatic carbocycles. The molecule has 1 aliphatic rings. The van der Waals surface area contributed by atoms with Crippen molar-refractivity contribution in [3.8, 4) is 11.4 Å². The Morgan fingerprint density at radius 2 is 2.09 bits per heavy atom. The molecule has 1 aliphatic heterocycles. The Morgan fingerprint density at radius 3 is 2.88 bits per heavy atom. The minimum Gasteiger partial charge on any atom is -0.492 e. The number of carbonyl (C=O) groups is 1. The Morgan fingerprint density at radius 1 is 1.24 bits per heavy atom. The molecule has 0 amide bonds. The average molecular weight is 460 g/mol. The zero-order valence-electron chi connectivity index (χ0n) is 19.4. The van der Waals surface area contributed by atoms with Gasteiger partial charge in [-0.2, -0.15) is 0 Å². The minimum atomic E-state index is -0.379. The van der Waals surface area contributed by atoms with Gasteiger partial charge in [-0.15, -0.1) is 0 Å². The Hall–Kier alpha value is -3.87. The highest BCUT2D eigenvalue weighted by Crippen LogP contribution is 2.36. The number of ether oxygens (including phenoxy) is 2. The molecule has 2 heterocycles. The van der Waals surface area contributed by atoms with E-state index in [4.69, 9.17) is 14.5 Å². The van der Waals surface area contributed by atoms with Gasteiger partial charge in [0.1, 0.15) is 29.9 Å². The van der Waals surface area contributed by atoms with Crippen LogP contribution < -0.4 is 10.1 Å². The number of nitrogens with one attached hydrogen (secondary N) is 1. The number of aryl methyl sites for hydroxylation is 1. The number of carbonyl (C=O) groups excluding carboxylic acids is 1. The molecule has 0 radical (unpaired) electrons. The fraction of sp³-hybridized carbons (Fsp3) is 0.259. The highest BCUT2D eigenvalue weighted by atomic mass is 19.1. The van der Waals surface area contributed by atoms with Crippen LogP contribution in [-0.4, -0.2) is 29.2 Å². The summed E-state index contributed by atoms with van der Waals surface area (Å²) in [5.41, 5.74) is 6.50. The summed E-state index contributed by atoms with van der Waals surface area (Å²) < 4.78 is 26.7. The predicted octanol–water partition coefficient (Wildman–Crippen LogP) is 5.30. The predicted molar refractivity (Wildman–Crippen MR) is 129 cm³/mol. The highest BCUT2D eigenvalue weighted by Gasteiger charge is 2.31. The number of methoxy groups -OCH3 is 1. The number of nitrogens with zero attached hydrogens (tertiary/aromatic N) is 2. The number of halogens is 1. The van der Waals surface area contributed by atoms with Crippen molar-refractivity contribution in [2.75, 3.05) is 19.0 Å². The van der Waals surface area contributed by atoms with Crippen LogP contribution in [0, 0.1) is 12.7 Å². The lowest BCUT2D eigenvalue weighted by Crippen LogP contribution is -2.15. The van der Waals surface area contributed by atoms with E-state index in [1.807, 2.05) is 34.9 Å². The zero-order valence-corrected chi connectivity index (χ0v) is 19.4.